The number of primary amides is 1. The van der Waals surface area contributed by atoms with Gasteiger partial charge in [-0.2, -0.15) is 0 Å². The van der Waals surface area contributed by atoms with Gasteiger partial charge in [0.1, 0.15) is 0 Å². The molecular weight excluding hydrogens is 138 g/mol. The molecule has 0 spiro atoms. The first-order valence-corrected chi connectivity index (χ1v) is 2.25. The Morgan fingerprint density at radius 1 is 1.40 bits per heavy atom. The van der Waals surface area contributed by atoms with Crippen LogP contribution >= 0.6 is 0 Å². The lowest BCUT2D eigenvalue weighted by Gasteiger charge is -1.79. The molecule has 5 heteroatoms. The van der Waals surface area contributed by atoms with E-state index in [0.717, 1.165) is 0 Å². The van der Waals surface area contributed by atoms with Crippen LogP contribution in [-0.2, 0) is 4.79 Å². The van der Waals surface area contributed by atoms with Gasteiger partial charge in [0, 0.05) is 5.57 Å². The van der Waals surface area contributed by atoms with Gasteiger partial charge in [-0.1, -0.05) is 6.58 Å². The van der Waals surface area contributed by atoms with Crippen LogP contribution < -0.4 is 5.73 Å². The Hall–Kier alpha value is -1.52. The Kier molecular flexibility index (Phi) is 6.34. The van der Waals surface area contributed by atoms with Gasteiger partial charge >= 0.3 is 12.1 Å². The smallest absolute Gasteiger partial charge is 0.402 e. The number of carboxylic acids is 1. The molecule has 0 rings (SSSR count). The summed E-state index contributed by atoms with van der Waals surface area (Å²) in [4.78, 5) is 18.4. The molecule has 0 aromatic heterocycles. The molecular formula is C5H9NO4. The minimum Gasteiger partial charge on any atom is -0.478 e. The van der Waals surface area contributed by atoms with E-state index in [-0.39, 0.29) is 5.57 Å². The molecule has 0 aliphatic rings. The van der Waals surface area contributed by atoms with E-state index in [2.05, 4.69) is 12.3 Å². The Balaban J connectivity index is 0. The molecule has 0 unspecified atom stereocenters. The molecule has 0 aliphatic heterocycles. The standard InChI is InChI=1S/C4H6O2.CH3NO2/c1-3(2)4(5)6;2-1(3)4/h1H2,2H3,(H,5,6);2H2,(H,3,4). The van der Waals surface area contributed by atoms with Crippen LogP contribution in [0.15, 0.2) is 12.2 Å². The first-order chi connectivity index (χ1) is 4.37. The molecule has 10 heavy (non-hydrogen) atoms. The van der Waals surface area contributed by atoms with Crippen LogP contribution in [0.3, 0.4) is 0 Å². The van der Waals surface area contributed by atoms with Crippen LogP contribution in [0.25, 0.3) is 0 Å². The molecule has 4 N–H and O–H groups in total. The summed E-state index contributed by atoms with van der Waals surface area (Å²) in [5, 5.41) is 15.1. The predicted molar refractivity (Wildman–Crippen MR) is 34.7 cm³/mol. The highest BCUT2D eigenvalue weighted by Gasteiger charge is 1.90. The van der Waals surface area contributed by atoms with Crippen molar-refractivity contribution in [2.24, 2.45) is 5.73 Å². The third-order valence-electron chi connectivity index (χ3n) is 0.365. The van der Waals surface area contributed by atoms with Crippen LogP contribution in [0, 0.1) is 0 Å². The van der Waals surface area contributed by atoms with Crippen molar-refractivity contribution < 1.29 is 19.8 Å². The van der Waals surface area contributed by atoms with E-state index in [1.165, 1.54) is 6.92 Å². The van der Waals surface area contributed by atoms with Crippen molar-refractivity contribution >= 4 is 12.1 Å². The molecule has 0 atom stereocenters. The lowest BCUT2D eigenvalue weighted by atomic mass is 10.4. The van der Waals surface area contributed by atoms with Crippen molar-refractivity contribution in [2.45, 2.75) is 6.92 Å². The maximum atomic E-state index is 9.60. The lowest BCUT2D eigenvalue weighted by molar-refractivity contribution is -0.132. The van der Waals surface area contributed by atoms with Crippen molar-refractivity contribution in [3.63, 3.8) is 0 Å². The summed E-state index contributed by atoms with van der Waals surface area (Å²) in [5.41, 5.74) is 4.20. The van der Waals surface area contributed by atoms with E-state index in [9.17, 15) is 4.79 Å². The van der Waals surface area contributed by atoms with Crippen molar-refractivity contribution in [3.05, 3.63) is 12.2 Å². The molecule has 0 radical (unpaired) electrons. The Bertz CT molecular complexity index is 136. The van der Waals surface area contributed by atoms with Crippen molar-refractivity contribution in [2.75, 3.05) is 0 Å². The average Bonchev–Trinajstić information content (AvgIpc) is 1.63. The molecule has 0 aromatic carbocycles. The Labute approximate surface area is 57.8 Å². The van der Waals surface area contributed by atoms with Gasteiger partial charge in [0.25, 0.3) is 0 Å². The molecule has 5 nitrogen and oxygen atoms in total. The van der Waals surface area contributed by atoms with E-state index < -0.39 is 12.1 Å². The summed E-state index contributed by atoms with van der Waals surface area (Å²) >= 11 is 0. The van der Waals surface area contributed by atoms with Gasteiger partial charge < -0.3 is 15.9 Å². The lowest BCUT2D eigenvalue weighted by Crippen LogP contribution is -2.03. The Morgan fingerprint density at radius 3 is 1.50 bits per heavy atom. The van der Waals surface area contributed by atoms with E-state index in [4.69, 9.17) is 15.0 Å². The third-order valence-corrected chi connectivity index (χ3v) is 0.365. The molecule has 1 amide bonds. The number of rotatable bonds is 1. The molecule has 0 bridgehead atoms. The number of amides is 1. The first-order valence-electron chi connectivity index (χ1n) is 2.25. The van der Waals surface area contributed by atoms with E-state index >= 15 is 0 Å². The minimum absolute atomic E-state index is 0.176. The van der Waals surface area contributed by atoms with Gasteiger partial charge in [0.15, 0.2) is 0 Å². The van der Waals surface area contributed by atoms with Gasteiger partial charge in [-0.15, -0.1) is 0 Å². The molecule has 58 valence electrons. The maximum Gasteiger partial charge on any atom is 0.402 e. The number of aliphatic carboxylic acids is 1. The number of carboxylic acid groups (broad SMARTS) is 2. The van der Waals surface area contributed by atoms with E-state index in [1.54, 1.807) is 0 Å². The Morgan fingerprint density at radius 2 is 1.50 bits per heavy atom. The number of hydrogen-bond donors (Lipinski definition) is 3. The van der Waals surface area contributed by atoms with Crippen LogP contribution in [0.2, 0.25) is 0 Å². The second-order valence-electron chi connectivity index (χ2n) is 1.42. The first kappa shape index (κ1) is 11.3. The number of nitrogens with two attached hydrogens (primary N) is 1. The summed E-state index contributed by atoms with van der Waals surface area (Å²) in [7, 11) is 0. The molecule has 0 saturated heterocycles. The second kappa shape index (κ2) is 5.61. The molecule has 0 fully saturated rings. The zero-order valence-electron chi connectivity index (χ0n) is 5.50. The fraction of sp³-hybridized carbons (Fsp3) is 0.200. The predicted octanol–water partition coefficient (Wildman–Crippen LogP) is 0.270. The highest BCUT2D eigenvalue weighted by atomic mass is 16.4. The third kappa shape index (κ3) is 31.6. The van der Waals surface area contributed by atoms with Crippen molar-refractivity contribution in [3.8, 4) is 0 Å². The molecule has 0 aromatic rings. The van der Waals surface area contributed by atoms with E-state index in [0.29, 0.717) is 0 Å². The van der Waals surface area contributed by atoms with Crippen molar-refractivity contribution in [1.82, 2.24) is 0 Å². The number of carbonyl (C=O) groups is 2. The number of hydrogen-bond acceptors (Lipinski definition) is 2. The summed E-state index contributed by atoms with van der Waals surface area (Å²) in [6, 6.07) is 0. The van der Waals surface area contributed by atoms with Gasteiger partial charge in [0.05, 0.1) is 0 Å². The fourth-order valence-corrected chi connectivity index (χ4v) is 0. The molecule has 0 saturated carbocycles. The minimum atomic E-state index is -1.33. The largest absolute Gasteiger partial charge is 0.478 e. The monoisotopic (exact) mass is 147 g/mol. The van der Waals surface area contributed by atoms with Crippen LogP contribution in [0.4, 0.5) is 4.79 Å². The summed E-state index contributed by atoms with van der Waals surface area (Å²) in [5.74, 6) is -0.935. The zero-order valence-corrected chi connectivity index (χ0v) is 5.50. The average molecular weight is 147 g/mol. The summed E-state index contributed by atoms with van der Waals surface area (Å²) in [6.45, 7) is 4.60. The highest BCUT2D eigenvalue weighted by molar-refractivity contribution is 5.84. The van der Waals surface area contributed by atoms with Crippen molar-refractivity contribution in [1.29, 1.82) is 0 Å². The van der Waals surface area contributed by atoms with Gasteiger partial charge in [-0.3, -0.25) is 0 Å². The molecule has 0 heterocycles. The topological polar surface area (TPSA) is 101 Å². The summed E-state index contributed by atoms with van der Waals surface area (Å²) < 4.78 is 0. The highest BCUT2D eigenvalue weighted by Crippen LogP contribution is 1.81. The van der Waals surface area contributed by atoms with Gasteiger partial charge in [-0.25, -0.2) is 9.59 Å². The fourth-order valence-electron chi connectivity index (χ4n) is 0. The van der Waals surface area contributed by atoms with Gasteiger partial charge in [-0.05, 0) is 6.92 Å². The van der Waals surface area contributed by atoms with Crippen LogP contribution in [0.1, 0.15) is 6.92 Å². The second-order valence-corrected chi connectivity index (χ2v) is 1.42. The normalized spacial score (nSPS) is 6.90. The SMILES string of the molecule is C=C(C)C(=O)O.NC(=O)O. The van der Waals surface area contributed by atoms with Crippen LogP contribution in [0.5, 0.6) is 0 Å². The zero-order chi connectivity index (χ0) is 8.73. The van der Waals surface area contributed by atoms with E-state index in [1.807, 2.05) is 0 Å². The quantitative estimate of drug-likeness (QED) is 0.463. The van der Waals surface area contributed by atoms with Gasteiger partial charge in [0.2, 0.25) is 0 Å². The summed E-state index contributed by atoms with van der Waals surface area (Å²) in [6.07, 6.45) is -1.33. The molecule has 0 aliphatic carbocycles. The van der Waals surface area contributed by atoms with Crippen LogP contribution in [-0.4, -0.2) is 22.3 Å². The maximum absolute atomic E-state index is 9.60.